The molecule has 0 radical (unpaired) electrons. The van der Waals surface area contributed by atoms with Crippen LogP contribution in [0.5, 0.6) is 0 Å². The quantitative estimate of drug-likeness (QED) is 0.596. The first-order valence-corrected chi connectivity index (χ1v) is 6.22. The summed E-state index contributed by atoms with van der Waals surface area (Å²) in [4.78, 5) is 5.24. The van der Waals surface area contributed by atoms with Crippen LogP contribution in [0.2, 0.25) is 0 Å². The van der Waals surface area contributed by atoms with Gasteiger partial charge >= 0.3 is 0 Å². The number of hydrogen-bond donors (Lipinski definition) is 0. The number of nitriles is 1. The Kier molecular flexibility index (Phi) is 4.54. The van der Waals surface area contributed by atoms with Crippen LogP contribution in [0.3, 0.4) is 0 Å². The number of benzene rings is 1. The van der Waals surface area contributed by atoms with Crippen molar-refractivity contribution in [1.82, 2.24) is 0 Å². The van der Waals surface area contributed by atoms with Gasteiger partial charge in [0, 0.05) is 0 Å². The summed E-state index contributed by atoms with van der Waals surface area (Å²) in [5, 5.41) is 12.7. The molecule has 0 aromatic heterocycles. The lowest BCUT2D eigenvalue weighted by Gasteiger charge is -2.07. The zero-order valence-electron chi connectivity index (χ0n) is 10.3. The molecule has 0 heterocycles. The molecule has 0 amide bonds. The highest BCUT2D eigenvalue weighted by atomic mass is 16.6. The van der Waals surface area contributed by atoms with Crippen LogP contribution >= 0.6 is 0 Å². The number of allylic oxidation sites excluding steroid dienone is 2. The first kappa shape index (κ1) is 12.4. The van der Waals surface area contributed by atoms with Gasteiger partial charge in [-0.1, -0.05) is 23.4 Å². The van der Waals surface area contributed by atoms with Crippen molar-refractivity contribution in [1.29, 1.82) is 5.26 Å². The molecule has 0 unspecified atom stereocenters. The Balaban J connectivity index is 1.79. The fraction of sp³-hybridized carbons (Fsp3) is 0.333. The third-order valence-corrected chi connectivity index (χ3v) is 2.93. The molecule has 0 saturated carbocycles. The summed E-state index contributed by atoms with van der Waals surface area (Å²) >= 11 is 0. The van der Waals surface area contributed by atoms with Crippen LogP contribution < -0.4 is 0 Å². The molecule has 1 aliphatic carbocycles. The summed E-state index contributed by atoms with van der Waals surface area (Å²) in [6, 6.07) is 9.42. The lowest BCUT2D eigenvalue weighted by atomic mass is 10.0. The van der Waals surface area contributed by atoms with Gasteiger partial charge in [-0.2, -0.15) is 5.26 Å². The van der Waals surface area contributed by atoms with E-state index in [0.29, 0.717) is 12.2 Å². The Labute approximate surface area is 107 Å². The average Bonchev–Trinajstić information content (AvgIpc) is 2.45. The van der Waals surface area contributed by atoms with Gasteiger partial charge in [0.1, 0.15) is 6.61 Å². The van der Waals surface area contributed by atoms with E-state index in [0.717, 1.165) is 18.4 Å². The molecular formula is C15H16N2O. The minimum atomic E-state index is 0.440. The third kappa shape index (κ3) is 3.74. The summed E-state index contributed by atoms with van der Waals surface area (Å²) in [6.45, 7) is 0.440. The fourth-order valence-corrected chi connectivity index (χ4v) is 1.87. The molecule has 2 rings (SSSR count). The summed E-state index contributed by atoms with van der Waals surface area (Å²) in [7, 11) is 0. The van der Waals surface area contributed by atoms with E-state index in [2.05, 4.69) is 17.3 Å². The molecule has 3 nitrogen and oxygen atoms in total. The standard InChI is InChI=1S/C15H16N2O/c16-10-13-6-8-15(9-7-13)12-18-17-11-14-4-2-1-3-5-14/h4,6-9,11H,1-3,5,12H2. The largest absolute Gasteiger partial charge is 0.391 e. The van der Waals surface area contributed by atoms with Gasteiger partial charge in [-0.3, -0.25) is 0 Å². The second-order valence-corrected chi connectivity index (χ2v) is 4.34. The van der Waals surface area contributed by atoms with Crippen molar-refractivity contribution in [2.75, 3.05) is 0 Å². The maximum Gasteiger partial charge on any atom is 0.142 e. The highest BCUT2D eigenvalue weighted by Gasteiger charge is 2.00. The van der Waals surface area contributed by atoms with E-state index in [9.17, 15) is 0 Å². The van der Waals surface area contributed by atoms with Crippen LogP contribution in [0.15, 0.2) is 41.1 Å². The van der Waals surface area contributed by atoms with Crippen LogP contribution in [0, 0.1) is 11.3 Å². The van der Waals surface area contributed by atoms with Crippen molar-refractivity contribution < 1.29 is 4.84 Å². The van der Waals surface area contributed by atoms with Gasteiger partial charge < -0.3 is 4.84 Å². The minimum absolute atomic E-state index is 0.440. The van der Waals surface area contributed by atoms with Gasteiger partial charge in [0.25, 0.3) is 0 Å². The van der Waals surface area contributed by atoms with E-state index in [1.165, 1.54) is 18.4 Å². The van der Waals surface area contributed by atoms with Crippen molar-refractivity contribution in [3.8, 4) is 6.07 Å². The Morgan fingerprint density at radius 3 is 2.78 bits per heavy atom. The molecule has 1 aliphatic rings. The maximum absolute atomic E-state index is 8.68. The molecule has 18 heavy (non-hydrogen) atoms. The zero-order chi connectivity index (χ0) is 12.6. The number of oxime groups is 1. The molecule has 0 fully saturated rings. The van der Waals surface area contributed by atoms with Gasteiger partial charge in [-0.05, 0) is 49.0 Å². The second kappa shape index (κ2) is 6.61. The van der Waals surface area contributed by atoms with Crippen molar-refractivity contribution in [3.05, 3.63) is 47.0 Å². The first-order valence-electron chi connectivity index (χ1n) is 6.22. The molecule has 1 aromatic carbocycles. The van der Waals surface area contributed by atoms with E-state index < -0.39 is 0 Å². The van der Waals surface area contributed by atoms with E-state index in [1.807, 2.05) is 18.3 Å². The predicted octanol–water partition coefficient (Wildman–Crippen LogP) is 3.56. The highest BCUT2D eigenvalue weighted by molar-refractivity contribution is 5.78. The van der Waals surface area contributed by atoms with Gasteiger partial charge in [0.05, 0.1) is 17.8 Å². The van der Waals surface area contributed by atoms with Crippen molar-refractivity contribution in [2.45, 2.75) is 32.3 Å². The lowest BCUT2D eigenvalue weighted by molar-refractivity contribution is 0.132. The minimum Gasteiger partial charge on any atom is -0.391 e. The number of nitrogens with zero attached hydrogens (tertiary/aromatic N) is 2. The fourth-order valence-electron chi connectivity index (χ4n) is 1.87. The topological polar surface area (TPSA) is 45.4 Å². The van der Waals surface area contributed by atoms with Crippen LogP contribution in [0.4, 0.5) is 0 Å². The molecule has 0 spiro atoms. The molecule has 1 aromatic rings. The molecule has 0 aliphatic heterocycles. The number of hydrogen-bond acceptors (Lipinski definition) is 3. The first-order chi connectivity index (χ1) is 8.88. The van der Waals surface area contributed by atoms with Gasteiger partial charge in [0.2, 0.25) is 0 Å². The monoisotopic (exact) mass is 240 g/mol. The highest BCUT2D eigenvalue weighted by Crippen LogP contribution is 2.15. The summed E-state index contributed by atoms with van der Waals surface area (Å²) < 4.78 is 0. The van der Waals surface area contributed by atoms with E-state index in [4.69, 9.17) is 10.1 Å². The Morgan fingerprint density at radius 1 is 1.28 bits per heavy atom. The molecule has 3 heteroatoms. The lowest BCUT2D eigenvalue weighted by Crippen LogP contribution is -1.94. The molecule has 0 saturated heterocycles. The van der Waals surface area contributed by atoms with Gasteiger partial charge in [-0.15, -0.1) is 0 Å². The second-order valence-electron chi connectivity index (χ2n) is 4.34. The molecular weight excluding hydrogens is 224 g/mol. The van der Waals surface area contributed by atoms with Crippen molar-refractivity contribution >= 4 is 6.21 Å². The molecule has 0 atom stereocenters. The van der Waals surface area contributed by atoms with Crippen LogP contribution in [0.25, 0.3) is 0 Å². The summed E-state index contributed by atoms with van der Waals surface area (Å²) in [5.74, 6) is 0. The maximum atomic E-state index is 8.68. The Bertz CT molecular complexity index is 480. The van der Waals surface area contributed by atoms with Crippen molar-refractivity contribution in [3.63, 3.8) is 0 Å². The van der Waals surface area contributed by atoms with Gasteiger partial charge in [0.15, 0.2) is 0 Å². The SMILES string of the molecule is N#Cc1ccc(CON=CC2=CCCCC2)cc1. The predicted molar refractivity (Wildman–Crippen MR) is 71.0 cm³/mol. The normalized spacial score (nSPS) is 15.2. The van der Waals surface area contributed by atoms with E-state index >= 15 is 0 Å². The van der Waals surface area contributed by atoms with Crippen LogP contribution in [-0.2, 0) is 11.4 Å². The molecule has 92 valence electrons. The zero-order valence-corrected chi connectivity index (χ0v) is 10.3. The van der Waals surface area contributed by atoms with E-state index in [1.54, 1.807) is 12.1 Å². The Hall–Kier alpha value is -2.08. The van der Waals surface area contributed by atoms with E-state index in [-0.39, 0.29) is 0 Å². The van der Waals surface area contributed by atoms with Crippen LogP contribution in [-0.4, -0.2) is 6.21 Å². The third-order valence-electron chi connectivity index (χ3n) is 2.93. The summed E-state index contributed by atoms with van der Waals surface area (Å²) in [5.41, 5.74) is 2.94. The smallest absolute Gasteiger partial charge is 0.142 e. The number of rotatable bonds is 4. The van der Waals surface area contributed by atoms with Crippen molar-refractivity contribution in [2.24, 2.45) is 5.16 Å². The summed E-state index contributed by atoms with van der Waals surface area (Å²) in [6.07, 6.45) is 8.80. The Morgan fingerprint density at radius 2 is 2.11 bits per heavy atom. The average molecular weight is 240 g/mol. The van der Waals surface area contributed by atoms with Crippen LogP contribution in [0.1, 0.15) is 36.8 Å². The molecule has 0 bridgehead atoms. The molecule has 0 N–H and O–H groups in total. The van der Waals surface area contributed by atoms with Gasteiger partial charge in [-0.25, -0.2) is 0 Å².